The van der Waals surface area contributed by atoms with Crippen molar-refractivity contribution in [3.8, 4) is 0 Å². The average molecular weight is 544 g/mol. The van der Waals surface area contributed by atoms with Crippen LogP contribution in [0.5, 0.6) is 0 Å². The second-order valence-corrected chi connectivity index (χ2v) is 9.52. The van der Waals surface area contributed by atoms with Gasteiger partial charge in [-0.2, -0.15) is 4.99 Å². The number of methoxy groups -OCH3 is 1. The first-order valence-electron chi connectivity index (χ1n) is 12.8. The van der Waals surface area contributed by atoms with Crippen LogP contribution in [0, 0.1) is 13.8 Å². The number of hydrogen-bond donors (Lipinski definition) is 2. The Kier molecular flexibility index (Phi) is 9.71. The summed E-state index contributed by atoms with van der Waals surface area (Å²) in [7, 11) is 1.35. The van der Waals surface area contributed by atoms with Crippen molar-refractivity contribution < 1.29 is 9.53 Å². The zero-order valence-corrected chi connectivity index (χ0v) is 23.2. The fraction of sp³-hybridized carbons (Fsp3) is 0.276. The molecule has 2 heterocycles. The van der Waals surface area contributed by atoms with Crippen molar-refractivity contribution in [1.29, 1.82) is 0 Å². The standard InChI is InChI=1S/C29H33N7O2S/c1-21-20-22(2)31-27(30-21)33-28(34-29(39)32-25-13-11-24(12-14-25)26(37)38-3)36-18-16-35(17-19-36)15-7-10-23-8-5-4-6-9-23/h4-14,20H,15-19H2,1-3H3,(H2,30,31,32,33,34,39)/b10-7+. The predicted octanol–water partition coefficient (Wildman–Crippen LogP) is 4.38. The van der Waals surface area contributed by atoms with E-state index in [1.165, 1.54) is 12.7 Å². The smallest absolute Gasteiger partial charge is 0.337 e. The van der Waals surface area contributed by atoms with E-state index in [0.717, 1.165) is 44.1 Å². The average Bonchev–Trinajstić information content (AvgIpc) is 2.93. The molecule has 2 N–H and O–H groups in total. The van der Waals surface area contributed by atoms with Gasteiger partial charge < -0.3 is 15.0 Å². The van der Waals surface area contributed by atoms with Crippen LogP contribution in [-0.2, 0) is 4.74 Å². The topological polar surface area (TPSA) is 95.0 Å². The number of carbonyl (C=O) groups is 1. The van der Waals surface area contributed by atoms with Crippen molar-refractivity contribution in [2.24, 2.45) is 4.99 Å². The maximum absolute atomic E-state index is 11.7. The lowest BCUT2D eigenvalue weighted by molar-refractivity contribution is 0.0600. The molecule has 0 bridgehead atoms. The minimum atomic E-state index is -0.392. The van der Waals surface area contributed by atoms with Crippen LogP contribution in [0.4, 0.5) is 11.6 Å². The molecule has 4 rings (SSSR count). The third-order valence-electron chi connectivity index (χ3n) is 6.12. The lowest BCUT2D eigenvalue weighted by Gasteiger charge is -2.35. The molecule has 1 fully saturated rings. The van der Waals surface area contributed by atoms with Gasteiger partial charge in [-0.1, -0.05) is 42.5 Å². The summed E-state index contributed by atoms with van der Waals surface area (Å²) in [5.41, 5.74) is 4.11. The summed E-state index contributed by atoms with van der Waals surface area (Å²) in [6.07, 6.45) is 4.35. The van der Waals surface area contributed by atoms with Gasteiger partial charge in [0.2, 0.25) is 17.0 Å². The zero-order valence-electron chi connectivity index (χ0n) is 22.4. The zero-order chi connectivity index (χ0) is 27.6. The Hall–Kier alpha value is -4.15. The SMILES string of the molecule is COC(=O)c1ccc(NC(=S)/N=C(/Nc2nc(C)cc(C)n2)N2CCN(C/C=C/c3ccccc3)CC2)cc1. The van der Waals surface area contributed by atoms with Gasteiger partial charge in [0, 0.05) is 49.8 Å². The molecule has 2 aromatic carbocycles. The lowest BCUT2D eigenvalue weighted by atomic mass is 10.2. The maximum Gasteiger partial charge on any atom is 0.337 e. The highest BCUT2D eigenvalue weighted by Gasteiger charge is 2.21. The number of carbonyl (C=O) groups excluding carboxylic acids is 1. The van der Waals surface area contributed by atoms with Crippen molar-refractivity contribution in [2.75, 3.05) is 50.5 Å². The number of nitrogens with zero attached hydrogens (tertiary/aromatic N) is 5. The first-order valence-corrected chi connectivity index (χ1v) is 13.2. The van der Waals surface area contributed by atoms with Gasteiger partial charge in [-0.3, -0.25) is 10.2 Å². The van der Waals surface area contributed by atoms with Crippen LogP contribution in [0.2, 0.25) is 0 Å². The van der Waals surface area contributed by atoms with Crippen LogP contribution in [0.15, 0.2) is 71.7 Å². The molecule has 3 aromatic rings. The van der Waals surface area contributed by atoms with Crippen molar-refractivity contribution in [3.05, 3.63) is 89.3 Å². The number of guanidine groups is 1. The summed E-state index contributed by atoms with van der Waals surface area (Å²) in [5, 5.41) is 6.69. The highest BCUT2D eigenvalue weighted by atomic mass is 32.1. The van der Waals surface area contributed by atoms with E-state index in [1.54, 1.807) is 24.3 Å². The second kappa shape index (κ2) is 13.6. The van der Waals surface area contributed by atoms with Crippen LogP contribution in [0.3, 0.4) is 0 Å². The molecule has 0 amide bonds. The van der Waals surface area contributed by atoms with E-state index in [9.17, 15) is 4.79 Å². The highest BCUT2D eigenvalue weighted by Crippen LogP contribution is 2.13. The van der Waals surface area contributed by atoms with Gasteiger partial charge in [-0.05, 0) is 62.0 Å². The van der Waals surface area contributed by atoms with E-state index in [4.69, 9.17) is 21.9 Å². The summed E-state index contributed by atoms with van der Waals surface area (Å²) in [5.74, 6) is 0.671. The minimum Gasteiger partial charge on any atom is -0.465 e. The lowest BCUT2D eigenvalue weighted by Crippen LogP contribution is -2.51. The first kappa shape index (κ1) is 27.9. The van der Waals surface area contributed by atoms with Gasteiger partial charge in [-0.15, -0.1) is 0 Å². The quantitative estimate of drug-likeness (QED) is 0.203. The number of aliphatic imine (C=N–C) groups is 1. The summed E-state index contributed by atoms with van der Waals surface area (Å²) in [6, 6.07) is 19.1. The minimum absolute atomic E-state index is 0.279. The molecule has 0 radical (unpaired) electrons. The van der Waals surface area contributed by atoms with Crippen LogP contribution in [0.25, 0.3) is 6.08 Å². The monoisotopic (exact) mass is 543 g/mol. The summed E-state index contributed by atoms with van der Waals surface area (Å²) in [4.78, 5) is 30.0. The molecule has 9 nitrogen and oxygen atoms in total. The molecule has 202 valence electrons. The van der Waals surface area contributed by atoms with E-state index >= 15 is 0 Å². The molecule has 10 heteroatoms. The fourth-order valence-electron chi connectivity index (χ4n) is 4.16. The molecule has 39 heavy (non-hydrogen) atoms. The Morgan fingerprint density at radius 1 is 1.00 bits per heavy atom. The van der Waals surface area contributed by atoms with Crippen LogP contribution >= 0.6 is 12.2 Å². The van der Waals surface area contributed by atoms with Crippen LogP contribution in [0.1, 0.15) is 27.3 Å². The van der Waals surface area contributed by atoms with Crippen molar-refractivity contribution in [3.63, 3.8) is 0 Å². The summed E-state index contributed by atoms with van der Waals surface area (Å²) >= 11 is 5.57. The van der Waals surface area contributed by atoms with Gasteiger partial charge in [0.05, 0.1) is 12.7 Å². The van der Waals surface area contributed by atoms with Gasteiger partial charge in [-0.25, -0.2) is 14.8 Å². The van der Waals surface area contributed by atoms with Crippen molar-refractivity contribution in [1.82, 2.24) is 19.8 Å². The normalized spacial score (nSPS) is 14.3. The van der Waals surface area contributed by atoms with Gasteiger partial charge in [0.1, 0.15) is 0 Å². The van der Waals surface area contributed by atoms with Crippen LogP contribution < -0.4 is 10.6 Å². The predicted molar refractivity (Wildman–Crippen MR) is 160 cm³/mol. The van der Waals surface area contributed by atoms with Gasteiger partial charge in [0.15, 0.2) is 0 Å². The Balaban J connectivity index is 1.43. The Bertz CT molecular complexity index is 1320. The molecule has 0 atom stereocenters. The molecule has 1 aliphatic rings. The fourth-order valence-corrected chi connectivity index (χ4v) is 4.36. The molecule has 1 saturated heterocycles. The maximum atomic E-state index is 11.7. The number of rotatable bonds is 6. The van der Waals surface area contributed by atoms with E-state index in [1.807, 2.05) is 38.1 Å². The van der Waals surface area contributed by atoms with Crippen molar-refractivity contribution in [2.45, 2.75) is 13.8 Å². The second-order valence-electron chi connectivity index (χ2n) is 9.13. The van der Waals surface area contributed by atoms with E-state index in [0.29, 0.717) is 23.2 Å². The number of aromatic nitrogens is 2. The number of hydrogen-bond acceptors (Lipinski definition) is 6. The molecule has 1 aliphatic heterocycles. The Labute approximate surface area is 234 Å². The van der Waals surface area contributed by atoms with E-state index in [-0.39, 0.29) is 5.11 Å². The third-order valence-corrected chi connectivity index (χ3v) is 6.31. The summed E-state index contributed by atoms with van der Waals surface area (Å²) < 4.78 is 4.76. The number of esters is 1. The molecule has 0 spiro atoms. The molecular formula is C29H33N7O2S. The molecular weight excluding hydrogens is 510 g/mol. The first-order chi connectivity index (χ1) is 18.9. The molecule has 0 unspecified atom stereocenters. The Morgan fingerprint density at radius 3 is 2.31 bits per heavy atom. The van der Waals surface area contributed by atoms with Crippen molar-refractivity contribution >= 4 is 47.0 Å². The molecule has 0 saturated carbocycles. The number of thiocarbonyl (C=S) groups is 1. The van der Waals surface area contributed by atoms with Gasteiger partial charge >= 0.3 is 5.97 Å². The number of ether oxygens (including phenoxy) is 1. The number of aryl methyl sites for hydroxylation is 2. The van der Waals surface area contributed by atoms with E-state index < -0.39 is 5.97 Å². The van der Waals surface area contributed by atoms with E-state index in [2.05, 4.69) is 54.7 Å². The number of nitrogens with one attached hydrogen (secondary N) is 2. The number of benzene rings is 2. The number of anilines is 2. The summed E-state index contributed by atoms with van der Waals surface area (Å²) in [6.45, 7) is 8.04. The highest BCUT2D eigenvalue weighted by molar-refractivity contribution is 7.80. The number of piperazine rings is 1. The third kappa shape index (κ3) is 8.42. The van der Waals surface area contributed by atoms with Crippen LogP contribution in [-0.4, -0.2) is 76.6 Å². The molecule has 1 aromatic heterocycles. The van der Waals surface area contributed by atoms with Gasteiger partial charge in [0.25, 0.3) is 0 Å². The largest absolute Gasteiger partial charge is 0.465 e. The Morgan fingerprint density at radius 2 is 1.67 bits per heavy atom. The molecule has 0 aliphatic carbocycles.